The zero-order valence-electron chi connectivity index (χ0n) is 16.6. The molecule has 0 aliphatic rings. The molecule has 3 rings (SSSR count). The van der Waals surface area contributed by atoms with Crippen molar-refractivity contribution in [3.63, 3.8) is 0 Å². The minimum absolute atomic E-state index is 0.151. The van der Waals surface area contributed by atoms with Crippen LogP contribution in [0, 0.1) is 21.8 Å². The van der Waals surface area contributed by atoms with Crippen molar-refractivity contribution in [2.75, 3.05) is 10.6 Å². The van der Waals surface area contributed by atoms with Crippen molar-refractivity contribution in [3.8, 4) is 17.5 Å². The number of hydrogen-bond acceptors (Lipinski definition) is 7. The van der Waals surface area contributed by atoms with Gasteiger partial charge in [0.05, 0.1) is 11.7 Å². The molecule has 0 unspecified atom stereocenters. The lowest BCUT2D eigenvalue weighted by Gasteiger charge is -2.21. The number of amides is 1. The van der Waals surface area contributed by atoms with Crippen molar-refractivity contribution >= 4 is 39.9 Å². The van der Waals surface area contributed by atoms with Crippen LogP contribution in [0.2, 0.25) is 0 Å². The van der Waals surface area contributed by atoms with E-state index in [0.717, 1.165) is 14.8 Å². The van der Waals surface area contributed by atoms with Gasteiger partial charge in [-0.2, -0.15) is 5.26 Å². The van der Waals surface area contributed by atoms with Crippen LogP contribution in [0.3, 0.4) is 0 Å². The molecule has 1 heterocycles. The van der Waals surface area contributed by atoms with E-state index in [1.54, 1.807) is 43.3 Å². The minimum Gasteiger partial charge on any atom is -0.418 e. The number of carbonyl (C=O) groups is 1. The number of rotatable bonds is 6. The topological polar surface area (TPSA) is 124 Å². The molecule has 8 nitrogen and oxygen atoms in total. The van der Waals surface area contributed by atoms with E-state index in [1.807, 2.05) is 6.92 Å². The Morgan fingerprint density at radius 1 is 1.23 bits per heavy atom. The Hall–Kier alpha value is -2.97. The van der Waals surface area contributed by atoms with Gasteiger partial charge in [-0.25, -0.2) is 0 Å². The summed E-state index contributed by atoms with van der Waals surface area (Å²) >= 11 is 2.13. The monoisotopic (exact) mass is 517 g/mol. The fourth-order valence-electron chi connectivity index (χ4n) is 2.86. The standard InChI is InChI=1S/C21H20IN5O3/c1-11-17(9-6-15(10-23)18(11)22)25-19(12(2)28)21-27-26-20(30-21)14-4-7-16(8-5-14)24-13(3)29/h4-9,12,19,25,28H,1-3H3,(H,24,29)/t12-,19-/m1/s1. The number of aliphatic hydroxyl groups is 1. The first-order chi connectivity index (χ1) is 14.3. The van der Waals surface area contributed by atoms with Gasteiger partial charge in [0, 0.05) is 27.4 Å². The summed E-state index contributed by atoms with van der Waals surface area (Å²) in [7, 11) is 0. The maximum absolute atomic E-state index is 11.1. The summed E-state index contributed by atoms with van der Waals surface area (Å²) in [5.74, 6) is 0.393. The van der Waals surface area contributed by atoms with Crippen LogP contribution in [-0.2, 0) is 4.79 Å². The van der Waals surface area contributed by atoms with Crippen molar-refractivity contribution in [1.82, 2.24) is 10.2 Å². The molecule has 3 aromatic rings. The molecule has 0 aliphatic heterocycles. The molecular formula is C21H20IN5O3. The molecule has 0 bridgehead atoms. The highest BCUT2D eigenvalue weighted by atomic mass is 127. The number of hydrogen-bond donors (Lipinski definition) is 3. The molecule has 0 fully saturated rings. The highest BCUT2D eigenvalue weighted by molar-refractivity contribution is 14.1. The average molecular weight is 517 g/mol. The maximum Gasteiger partial charge on any atom is 0.247 e. The highest BCUT2D eigenvalue weighted by Gasteiger charge is 2.25. The first-order valence-electron chi connectivity index (χ1n) is 9.15. The Kier molecular flexibility index (Phi) is 6.69. The number of nitrogens with zero attached hydrogens (tertiary/aromatic N) is 3. The third-order valence-electron chi connectivity index (χ3n) is 4.46. The normalized spacial score (nSPS) is 12.7. The average Bonchev–Trinajstić information content (AvgIpc) is 3.18. The number of halogens is 1. The lowest BCUT2D eigenvalue weighted by molar-refractivity contribution is -0.114. The van der Waals surface area contributed by atoms with E-state index >= 15 is 0 Å². The molecular weight excluding hydrogens is 497 g/mol. The third kappa shape index (κ3) is 4.77. The van der Waals surface area contributed by atoms with E-state index in [0.29, 0.717) is 22.7 Å². The molecule has 2 atom stereocenters. The molecule has 1 amide bonds. The van der Waals surface area contributed by atoms with Gasteiger partial charge in [0.25, 0.3) is 0 Å². The molecule has 9 heteroatoms. The zero-order valence-corrected chi connectivity index (χ0v) is 18.8. The largest absolute Gasteiger partial charge is 0.418 e. The summed E-state index contributed by atoms with van der Waals surface area (Å²) in [5, 5.41) is 33.6. The number of nitrogens with one attached hydrogen (secondary N) is 2. The van der Waals surface area contributed by atoms with Gasteiger partial charge in [-0.05, 0) is 78.4 Å². The number of benzene rings is 2. The summed E-state index contributed by atoms with van der Waals surface area (Å²) in [6.45, 7) is 4.98. The fraction of sp³-hybridized carbons (Fsp3) is 0.238. The van der Waals surface area contributed by atoms with Crippen LogP contribution in [0.1, 0.15) is 36.9 Å². The molecule has 154 valence electrons. The Bertz CT molecular complexity index is 1100. The predicted molar refractivity (Wildman–Crippen MR) is 121 cm³/mol. The number of nitriles is 1. The Labute approximate surface area is 187 Å². The fourth-order valence-corrected chi connectivity index (χ4v) is 3.45. The van der Waals surface area contributed by atoms with E-state index in [1.165, 1.54) is 6.92 Å². The number of carbonyl (C=O) groups excluding carboxylic acids is 1. The summed E-state index contributed by atoms with van der Waals surface area (Å²) in [4.78, 5) is 11.1. The van der Waals surface area contributed by atoms with Crippen molar-refractivity contribution in [2.24, 2.45) is 0 Å². The van der Waals surface area contributed by atoms with Gasteiger partial charge in [-0.15, -0.1) is 10.2 Å². The molecule has 0 saturated carbocycles. The Morgan fingerprint density at radius 2 is 1.93 bits per heavy atom. The van der Waals surface area contributed by atoms with Crippen LogP contribution in [0.5, 0.6) is 0 Å². The van der Waals surface area contributed by atoms with E-state index < -0.39 is 12.1 Å². The summed E-state index contributed by atoms with van der Waals surface area (Å²) in [6.07, 6.45) is -0.812. The SMILES string of the molecule is CC(=O)Nc1ccc(-c2nnc([C@H](Nc3ccc(C#N)c(I)c3C)[C@@H](C)O)o2)cc1. The highest BCUT2D eigenvalue weighted by Crippen LogP contribution is 2.30. The second kappa shape index (κ2) is 9.23. The zero-order chi connectivity index (χ0) is 21.8. The van der Waals surface area contributed by atoms with Gasteiger partial charge in [0.15, 0.2) is 0 Å². The first-order valence-corrected chi connectivity index (χ1v) is 10.2. The summed E-state index contributed by atoms with van der Waals surface area (Å²) in [6, 6.07) is 12.1. The van der Waals surface area contributed by atoms with Gasteiger partial charge in [-0.1, -0.05) is 0 Å². The maximum atomic E-state index is 11.1. The van der Waals surface area contributed by atoms with E-state index in [-0.39, 0.29) is 11.8 Å². The third-order valence-corrected chi connectivity index (χ3v) is 5.85. The minimum atomic E-state index is -0.812. The molecule has 2 aromatic carbocycles. The van der Waals surface area contributed by atoms with Crippen LogP contribution < -0.4 is 10.6 Å². The molecule has 0 spiro atoms. The number of aliphatic hydroxyl groups excluding tert-OH is 1. The molecule has 3 N–H and O–H groups in total. The van der Waals surface area contributed by atoms with Crippen LogP contribution in [0.4, 0.5) is 11.4 Å². The lowest BCUT2D eigenvalue weighted by Crippen LogP contribution is -2.23. The van der Waals surface area contributed by atoms with Gasteiger partial charge < -0.3 is 20.2 Å². The molecule has 1 aromatic heterocycles. The number of aromatic nitrogens is 2. The molecule has 30 heavy (non-hydrogen) atoms. The van der Waals surface area contributed by atoms with Crippen LogP contribution >= 0.6 is 22.6 Å². The van der Waals surface area contributed by atoms with Crippen molar-refractivity contribution in [2.45, 2.75) is 32.9 Å². The van der Waals surface area contributed by atoms with Crippen LogP contribution in [0.15, 0.2) is 40.8 Å². The van der Waals surface area contributed by atoms with Crippen molar-refractivity contribution in [1.29, 1.82) is 5.26 Å². The summed E-state index contributed by atoms with van der Waals surface area (Å²) < 4.78 is 6.66. The van der Waals surface area contributed by atoms with E-state index in [4.69, 9.17) is 4.42 Å². The molecule has 0 aliphatic carbocycles. The predicted octanol–water partition coefficient (Wildman–Crippen LogP) is 4.01. The van der Waals surface area contributed by atoms with Gasteiger partial charge >= 0.3 is 0 Å². The first kappa shape index (κ1) is 21.7. The van der Waals surface area contributed by atoms with E-state index in [9.17, 15) is 15.2 Å². The van der Waals surface area contributed by atoms with Gasteiger partial charge in [0.2, 0.25) is 17.7 Å². The Morgan fingerprint density at radius 3 is 2.53 bits per heavy atom. The van der Waals surface area contributed by atoms with Gasteiger partial charge in [0.1, 0.15) is 12.1 Å². The second-order valence-electron chi connectivity index (χ2n) is 6.78. The Balaban J connectivity index is 1.85. The van der Waals surface area contributed by atoms with Gasteiger partial charge in [-0.3, -0.25) is 4.79 Å². The van der Waals surface area contributed by atoms with E-state index in [2.05, 4.69) is 49.5 Å². The number of anilines is 2. The van der Waals surface area contributed by atoms with Crippen molar-refractivity contribution in [3.05, 3.63) is 57.0 Å². The molecule has 0 saturated heterocycles. The summed E-state index contributed by atoms with van der Waals surface area (Å²) in [5.41, 5.74) is 3.61. The van der Waals surface area contributed by atoms with Crippen LogP contribution in [-0.4, -0.2) is 27.3 Å². The smallest absolute Gasteiger partial charge is 0.247 e. The van der Waals surface area contributed by atoms with Crippen LogP contribution in [0.25, 0.3) is 11.5 Å². The molecule has 0 radical (unpaired) electrons. The second-order valence-corrected chi connectivity index (χ2v) is 7.86. The lowest BCUT2D eigenvalue weighted by atomic mass is 10.1. The van der Waals surface area contributed by atoms with Crippen molar-refractivity contribution < 1.29 is 14.3 Å². The quantitative estimate of drug-likeness (QED) is 0.422.